The molecule has 21 heavy (non-hydrogen) atoms. The number of nitrogens with zero attached hydrogens (tertiary/aromatic N) is 1. The Bertz CT molecular complexity index is 726. The zero-order chi connectivity index (χ0) is 15.6. The average Bonchev–Trinajstić information content (AvgIpc) is 2.43. The summed E-state index contributed by atoms with van der Waals surface area (Å²) < 4.78 is 13.5. The number of nitrogens with one attached hydrogen (secondary N) is 1. The van der Waals surface area contributed by atoms with Crippen LogP contribution in [0.2, 0.25) is 15.1 Å². The van der Waals surface area contributed by atoms with Crippen molar-refractivity contribution in [3.8, 4) is 6.07 Å². The monoisotopic (exact) mass is 342 g/mol. The van der Waals surface area contributed by atoms with Gasteiger partial charge in [-0.25, -0.2) is 4.39 Å². The lowest BCUT2D eigenvalue weighted by Gasteiger charge is -2.18. The normalized spacial score (nSPS) is 11.8. The van der Waals surface area contributed by atoms with Crippen molar-refractivity contribution in [1.29, 1.82) is 5.26 Å². The molecule has 6 heteroatoms. The van der Waals surface area contributed by atoms with Gasteiger partial charge in [-0.3, -0.25) is 0 Å². The van der Waals surface area contributed by atoms with E-state index in [4.69, 9.17) is 40.1 Å². The van der Waals surface area contributed by atoms with Crippen molar-refractivity contribution in [1.82, 2.24) is 0 Å². The molecule has 1 unspecified atom stereocenters. The van der Waals surface area contributed by atoms with Gasteiger partial charge >= 0.3 is 0 Å². The number of hydrogen-bond acceptors (Lipinski definition) is 2. The van der Waals surface area contributed by atoms with Crippen molar-refractivity contribution >= 4 is 40.5 Å². The fourth-order valence-electron chi connectivity index (χ4n) is 1.89. The second-order valence-electron chi connectivity index (χ2n) is 4.46. The van der Waals surface area contributed by atoms with E-state index in [2.05, 4.69) is 5.32 Å². The maximum Gasteiger partial charge on any atom is 0.142 e. The van der Waals surface area contributed by atoms with E-state index in [1.165, 1.54) is 12.1 Å². The number of benzene rings is 2. The molecule has 0 bridgehead atoms. The number of nitriles is 1. The lowest BCUT2D eigenvalue weighted by molar-refractivity contribution is 0.624. The highest BCUT2D eigenvalue weighted by molar-refractivity contribution is 6.35. The lowest BCUT2D eigenvalue weighted by Crippen LogP contribution is -2.08. The minimum atomic E-state index is -0.525. The molecule has 2 rings (SSSR count). The van der Waals surface area contributed by atoms with Crippen molar-refractivity contribution in [3.05, 3.63) is 62.3 Å². The van der Waals surface area contributed by atoms with Crippen molar-refractivity contribution in [2.24, 2.45) is 0 Å². The maximum atomic E-state index is 13.5. The van der Waals surface area contributed by atoms with Crippen LogP contribution in [0.25, 0.3) is 0 Å². The summed E-state index contributed by atoms with van der Waals surface area (Å²) in [6.45, 7) is 1.83. The lowest BCUT2D eigenvalue weighted by atomic mass is 10.1. The summed E-state index contributed by atoms with van der Waals surface area (Å²) in [6.07, 6.45) is 0. The van der Waals surface area contributed by atoms with Crippen LogP contribution in [0.3, 0.4) is 0 Å². The van der Waals surface area contributed by atoms with Crippen molar-refractivity contribution in [3.63, 3.8) is 0 Å². The van der Waals surface area contributed by atoms with E-state index in [0.29, 0.717) is 26.9 Å². The van der Waals surface area contributed by atoms with Crippen LogP contribution in [0.4, 0.5) is 10.1 Å². The molecule has 2 aromatic rings. The number of hydrogen-bond donors (Lipinski definition) is 1. The highest BCUT2D eigenvalue weighted by Crippen LogP contribution is 2.31. The first-order chi connectivity index (χ1) is 9.92. The Morgan fingerprint density at radius 3 is 2.43 bits per heavy atom. The average molecular weight is 344 g/mol. The molecule has 1 atom stereocenters. The van der Waals surface area contributed by atoms with Gasteiger partial charge in [-0.2, -0.15) is 5.26 Å². The second kappa shape index (κ2) is 6.53. The van der Waals surface area contributed by atoms with Gasteiger partial charge in [0.05, 0.1) is 21.7 Å². The van der Waals surface area contributed by atoms with E-state index in [9.17, 15) is 4.39 Å². The fraction of sp³-hybridized carbons (Fsp3) is 0.133. The Kier molecular flexibility index (Phi) is 4.95. The van der Waals surface area contributed by atoms with E-state index in [1.807, 2.05) is 13.0 Å². The predicted octanol–water partition coefficient (Wildman–Crippen LogP) is 5.83. The molecule has 0 aliphatic carbocycles. The third-order valence-corrected chi connectivity index (χ3v) is 3.91. The molecule has 0 saturated heterocycles. The molecule has 0 saturated carbocycles. The first kappa shape index (κ1) is 15.9. The molecule has 0 aliphatic heterocycles. The van der Waals surface area contributed by atoms with Crippen LogP contribution in [0.1, 0.15) is 24.1 Å². The summed E-state index contributed by atoms with van der Waals surface area (Å²) in [7, 11) is 0. The van der Waals surface area contributed by atoms with Gasteiger partial charge in [-0.05, 0) is 42.8 Å². The SMILES string of the molecule is CC(Nc1ccc(C#N)c(Cl)c1)c1cc(F)c(Cl)cc1Cl. The van der Waals surface area contributed by atoms with Crippen LogP contribution in [-0.2, 0) is 0 Å². The third-order valence-electron chi connectivity index (χ3n) is 2.98. The topological polar surface area (TPSA) is 35.8 Å². The Hall–Kier alpha value is -1.47. The van der Waals surface area contributed by atoms with Crippen LogP contribution in [0.15, 0.2) is 30.3 Å². The standard InChI is InChI=1S/C15H10Cl3FN2/c1-8(11-5-15(19)14(18)6-13(11)17)21-10-3-2-9(7-20)12(16)4-10/h2-6,8,21H,1H3. The molecule has 108 valence electrons. The van der Waals surface area contributed by atoms with Crippen molar-refractivity contribution in [2.45, 2.75) is 13.0 Å². The Morgan fingerprint density at radius 2 is 1.81 bits per heavy atom. The van der Waals surface area contributed by atoms with E-state index in [1.54, 1.807) is 18.2 Å². The van der Waals surface area contributed by atoms with Crippen LogP contribution in [-0.4, -0.2) is 0 Å². The molecule has 0 heterocycles. The molecule has 0 aromatic heterocycles. The molecule has 0 amide bonds. The predicted molar refractivity (Wildman–Crippen MR) is 84.6 cm³/mol. The molecule has 2 nitrogen and oxygen atoms in total. The highest BCUT2D eigenvalue weighted by atomic mass is 35.5. The van der Waals surface area contributed by atoms with Crippen LogP contribution < -0.4 is 5.32 Å². The molecule has 0 fully saturated rings. The zero-order valence-corrected chi connectivity index (χ0v) is 13.2. The molecule has 1 N–H and O–H groups in total. The third kappa shape index (κ3) is 3.59. The first-order valence-corrected chi connectivity index (χ1v) is 7.16. The fourth-order valence-corrected chi connectivity index (χ4v) is 2.66. The van der Waals surface area contributed by atoms with E-state index in [0.717, 1.165) is 0 Å². The summed E-state index contributed by atoms with van der Waals surface area (Å²) >= 11 is 17.7. The first-order valence-electron chi connectivity index (χ1n) is 6.03. The minimum absolute atomic E-state index is 0.0163. The molecular weight excluding hydrogens is 334 g/mol. The highest BCUT2D eigenvalue weighted by Gasteiger charge is 2.14. The van der Waals surface area contributed by atoms with Gasteiger partial charge < -0.3 is 5.32 Å². The van der Waals surface area contributed by atoms with E-state index < -0.39 is 5.82 Å². The Labute approximate surface area is 137 Å². The van der Waals surface area contributed by atoms with Gasteiger partial charge in [-0.15, -0.1) is 0 Å². The smallest absolute Gasteiger partial charge is 0.142 e. The molecule has 2 aromatic carbocycles. The zero-order valence-electron chi connectivity index (χ0n) is 10.9. The summed E-state index contributed by atoms with van der Waals surface area (Å²) in [4.78, 5) is 0. The van der Waals surface area contributed by atoms with E-state index >= 15 is 0 Å². The van der Waals surface area contributed by atoms with Gasteiger partial charge in [0.25, 0.3) is 0 Å². The number of anilines is 1. The Morgan fingerprint density at radius 1 is 1.10 bits per heavy atom. The minimum Gasteiger partial charge on any atom is -0.378 e. The number of rotatable bonds is 3. The van der Waals surface area contributed by atoms with Crippen molar-refractivity contribution < 1.29 is 4.39 Å². The molecule has 0 radical (unpaired) electrons. The summed E-state index contributed by atoms with van der Waals surface area (Å²) in [5.41, 5.74) is 1.68. The van der Waals surface area contributed by atoms with Crippen LogP contribution in [0, 0.1) is 17.1 Å². The summed E-state index contributed by atoms with van der Waals surface area (Å²) in [5, 5.41) is 12.7. The Balaban J connectivity index is 2.26. The summed E-state index contributed by atoms with van der Waals surface area (Å²) in [5.74, 6) is -0.525. The second-order valence-corrected chi connectivity index (χ2v) is 5.68. The van der Waals surface area contributed by atoms with Gasteiger partial charge in [0, 0.05) is 10.7 Å². The molecule has 0 aliphatic rings. The van der Waals surface area contributed by atoms with Gasteiger partial charge in [-0.1, -0.05) is 34.8 Å². The van der Waals surface area contributed by atoms with Gasteiger partial charge in [0.2, 0.25) is 0 Å². The molecular formula is C15H10Cl3FN2. The maximum absolute atomic E-state index is 13.5. The van der Waals surface area contributed by atoms with Gasteiger partial charge in [0.1, 0.15) is 11.9 Å². The number of halogens is 4. The van der Waals surface area contributed by atoms with Crippen LogP contribution >= 0.6 is 34.8 Å². The van der Waals surface area contributed by atoms with Crippen LogP contribution in [0.5, 0.6) is 0 Å². The van der Waals surface area contributed by atoms with E-state index in [-0.39, 0.29) is 11.1 Å². The quantitative estimate of drug-likeness (QED) is 0.712. The summed E-state index contributed by atoms with van der Waals surface area (Å²) in [6, 6.07) is 9.37. The van der Waals surface area contributed by atoms with Gasteiger partial charge in [0.15, 0.2) is 0 Å². The molecule has 0 spiro atoms. The largest absolute Gasteiger partial charge is 0.378 e. The van der Waals surface area contributed by atoms with Crippen molar-refractivity contribution in [2.75, 3.05) is 5.32 Å².